The number of fused-ring (bicyclic) bond motifs is 1. The lowest BCUT2D eigenvalue weighted by atomic mass is 9.97. The molecule has 96 valence electrons. The first-order valence-corrected chi connectivity index (χ1v) is 6.24. The van der Waals surface area contributed by atoms with Crippen LogP contribution in [0.15, 0.2) is 0 Å². The molecule has 0 aromatic heterocycles. The van der Waals surface area contributed by atoms with Gasteiger partial charge in [-0.15, -0.1) is 0 Å². The smallest absolute Gasteiger partial charge is 0.302 e. The lowest BCUT2D eigenvalue weighted by Crippen LogP contribution is -2.51. The second kappa shape index (κ2) is 5.04. The number of nitrogens with zero attached hydrogens (tertiary/aromatic N) is 1. The zero-order valence-corrected chi connectivity index (χ0v) is 10.4. The molecule has 0 aliphatic carbocycles. The van der Waals surface area contributed by atoms with Crippen molar-refractivity contribution < 1.29 is 14.3 Å². The lowest BCUT2D eigenvalue weighted by molar-refractivity contribution is -0.147. The van der Waals surface area contributed by atoms with Crippen molar-refractivity contribution >= 4 is 11.9 Å². The Morgan fingerprint density at radius 3 is 2.65 bits per heavy atom. The highest BCUT2D eigenvalue weighted by Crippen LogP contribution is 2.29. The van der Waals surface area contributed by atoms with Gasteiger partial charge in [-0.1, -0.05) is 0 Å². The molecule has 2 rings (SSSR count). The summed E-state index contributed by atoms with van der Waals surface area (Å²) in [5, 5.41) is 2.96. The topological polar surface area (TPSA) is 58.6 Å². The Hall–Kier alpha value is -1.10. The molecule has 0 radical (unpaired) electrons. The molecule has 5 heteroatoms. The third kappa shape index (κ3) is 2.97. The molecule has 2 heterocycles. The normalized spacial score (nSPS) is 32.9. The highest BCUT2D eigenvalue weighted by molar-refractivity contribution is 5.73. The maximum absolute atomic E-state index is 11.0. The lowest BCUT2D eigenvalue weighted by Gasteiger charge is -2.36. The molecule has 0 aromatic rings. The highest BCUT2D eigenvalue weighted by Gasteiger charge is 2.40. The molecule has 0 aromatic carbocycles. The van der Waals surface area contributed by atoms with Gasteiger partial charge in [0.25, 0.3) is 0 Å². The Kier molecular flexibility index (Phi) is 3.66. The number of esters is 1. The van der Waals surface area contributed by atoms with Crippen LogP contribution in [0.5, 0.6) is 0 Å². The van der Waals surface area contributed by atoms with Gasteiger partial charge >= 0.3 is 5.97 Å². The summed E-state index contributed by atoms with van der Waals surface area (Å²) in [5.41, 5.74) is 0. The first-order valence-electron chi connectivity index (χ1n) is 6.24. The fourth-order valence-electron chi connectivity index (χ4n) is 2.98. The van der Waals surface area contributed by atoms with Crippen LogP contribution in [0, 0.1) is 0 Å². The summed E-state index contributed by atoms with van der Waals surface area (Å²) in [7, 11) is 0. The van der Waals surface area contributed by atoms with Crippen LogP contribution in [0.4, 0.5) is 0 Å². The molecule has 17 heavy (non-hydrogen) atoms. The third-order valence-corrected chi connectivity index (χ3v) is 3.59. The van der Waals surface area contributed by atoms with E-state index in [0.29, 0.717) is 6.04 Å². The maximum atomic E-state index is 11.0. The number of hydrogen-bond donors (Lipinski definition) is 1. The van der Waals surface area contributed by atoms with Crippen molar-refractivity contribution in [1.29, 1.82) is 0 Å². The molecule has 2 aliphatic heterocycles. The number of piperidine rings is 1. The molecule has 1 amide bonds. The zero-order chi connectivity index (χ0) is 12.4. The minimum atomic E-state index is -0.194. The van der Waals surface area contributed by atoms with E-state index in [1.54, 1.807) is 6.92 Å². The summed E-state index contributed by atoms with van der Waals surface area (Å²) in [5.74, 6) is -0.162. The summed E-state index contributed by atoms with van der Waals surface area (Å²) in [6, 6.07) is 0.601. The number of carbonyl (C=O) groups excluding carboxylic acids is 2. The van der Waals surface area contributed by atoms with E-state index in [0.717, 1.165) is 32.4 Å². The van der Waals surface area contributed by atoms with Crippen LogP contribution in [0.1, 0.15) is 33.1 Å². The fourth-order valence-corrected chi connectivity index (χ4v) is 2.98. The Morgan fingerprint density at radius 2 is 2.00 bits per heavy atom. The van der Waals surface area contributed by atoms with Gasteiger partial charge in [-0.05, 0) is 19.3 Å². The minimum absolute atomic E-state index is 0.0317. The van der Waals surface area contributed by atoms with E-state index in [-0.39, 0.29) is 24.0 Å². The molecule has 1 N–H and O–H groups in total. The standard InChI is InChI=1S/C12H20N2O3/c1-8(15)13-10-3-4-11-12(17-9(2)16)5-6-14(11)7-10/h10-12H,3-7H2,1-2H3,(H,13,15)/t10?,11?,12-/m0/s1. The molecule has 3 atom stereocenters. The number of nitrogens with one attached hydrogen (secondary N) is 1. The van der Waals surface area contributed by atoms with E-state index >= 15 is 0 Å². The first kappa shape index (κ1) is 12.4. The molecule has 0 spiro atoms. The van der Waals surface area contributed by atoms with Crippen molar-refractivity contribution in [3.8, 4) is 0 Å². The van der Waals surface area contributed by atoms with Crippen molar-refractivity contribution in [2.45, 2.75) is 51.3 Å². The van der Waals surface area contributed by atoms with Gasteiger partial charge in [-0.25, -0.2) is 0 Å². The number of rotatable bonds is 2. The van der Waals surface area contributed by atoms with Crippen molar-refractivity contribution in [2.24, 2.45) is 0 Å². The number of amides is 1. The quantitative estimate of drug-likeness (QED) is 0.705. The average molecular weight is 240 g/mol. The van der Waals surface area contributed by atoms with Gasteiger partial charge in [0.2, 0.25) is 5.91 Å². The van der Waals surface area contributed by atoms with Crippen LogP contribution in [-0.4, -0.2) is 48.1 Å². The van der Waals surface area contributed by atoms with Gasteiger partial charge in [0.15, 0.2) is 0 Å². The van der Waals surface area contributed by atoms with Crippen molar-refractivity contribution in [3.63, 3.8) is 0 Å². The van der Waals surface area contributed by atoms with E-state index in [4.69, 9.17) is 4.74 Å². The molecule has 0 saturated carbocycles. The summed E-state index contributed by atoms with van der Waals surface area (Å²) in [6.45, 7) is 4.85. The van der Waals surface area contributed by atoms with Gasteiger partial charge in [-0.3, -0.25) is 14.5 Å². The predicted octanol–water partition coefficient (Wildman–Crippen LogP) is 0.291. The Labute approximate surface area is 101 Å². The van der Waals surface area contributed by atoms with Crippen LogP contribution in [0.3, 0.4) is 0 Å². The monoisotopic (exact) mass is 240 g/mol. The largest absolute Gasteiger partial charge is 0.461 e. The van der Waals surface area contributed by atoms with Crippen molar-refractivity contribution in [3.05, 3.63) is 0 Å². The van der Waals surface area contributed by atoms with Gasteiger partial charge in [-0.2, -0.15) is 0 Å². The van der Waals surface area contributed by atoms with Crippen LogP contribution in [0.2, 0.25) is 0 Å². The van der Waals surface area contributed by atoms with E-state index in [1.807, 2.05) is 0 Å². The fraction of sp³-hybridized carbons (Fsp3) is 0.833. The second-order valence-corrected chi connectivity index (χ2v) is 4.97. The summed E-state index contributed by atoms with van der Waals surface area (Å²) >= 11 is 0. The predicted molar refractivity (Wildman–Crippen MR) is 62.4 cm³/mol. The Balaban J connectivity index is 1.89. The molecule has 2 unspecified atom stereocenters. The minimum Gasteiger partial charge on any atom is -0.461 e. The van der Waals surface area contributed by atoms with Crippen LogP contribution in [0.25, 0.3) is 0 Å². The summed E-state index contributed by atoms with van der Waals surface area (Å²) in [4.78, 5) is 24.3. The molecule has 2 aliphatic rings. The first-order chi connectivity index (χ1) is 8.06. The van der Waals surface area contributed by atoms with E-state index in [2.05, 4.69) is 10.2 Å². The van der Waals surface area contributed by atoms with Gasteiger partial charge in [0.05, 0.1) is 0 Å². The van der Waals surface area contributed by atoms with E-state index in [1.165, 1.54) is 6.92 Å². The van der Waals surface area contributed by atoms with Crippen LogP contribution >= 0.6 is 0 Å². The Bertz CT molecular complexity index is 319. The maximum Gasteiger partial charge on any atom is 0.302 e. The van der Waals surface area contributed by atoms with E-state index < -0.39 is 0 Å². The Morgan fingerprint density at radius 1 is 1.24 bits per heavy atom. The molecular weight excluding hydrogens is 220 g/mol. The number of hydrogen-bond acceptors (Lipinski definition) is 4. The van der Waals surface area contributed by atoms with Crippen LogP contribution in [-0.2, 0) is 14.3 Å². The molecule has 5 nitrogen and oxygen atoms in total. The van der Waals surface area contributed by atoms with Gasteiger partial charge < -0.3 is 10.1 Å². The van der Waals surface area contributed by atoms with E-state index in [9.17, 15) is 9.59 Å². The van der Waals surface area contributed by atoms with Crippen molar-refractivity contribution in [1.82, 2.24) is 10.2 Å². The van der Waals surface area contributed by atoms with Gasteiger partial charge in [0.1, 0.15) is 6.10 Å². The number of carbonyl (C=O) groups is 2. The third-order valence-electron chi connectivity index (χ3n) is 3.59. The molecule has 0 bridgehead atoms. The highest BCUT2D eigenvalue weighted by atomic mass is 16.5. The summed E-state index contributed by atoms with van der Waals surface area (Å²) in [6.07, 6.45) is 2.92. The average Bonchev–Trinajstić information content (AvgIpc) is 2.59. The molecule has 2 fully saturated rings. The molecular formula is C12H20N2O3. The number of ether oxygens (including phenoxy) is 1. The van der Waals surface area contributed by atoms with Gasteiger partial charge in [0, 0.05) is 39.0 Å². The second-order valence-electron chi connectivity index (χ2n) is 4.97. The SMILES string of the molecule is CC(=O)NC1CCC2[C@@H](OC(C)=O)CCN2C1. The summed E-state index contributed by atoms with van der Waals surface area (Å²) < 4.78 is 5.33. The zero-order valence-electron chi connectivity index (χ0n) is 10.4. The van der Waals surface area contributed by atoms with Crippen LogP contribution < -0.4 is 5.32 Å². The molecule has 2 saturated heterocycles. The van der Waals surface area contributed by atoms with Crippen molar-refractivity contribution in [2.75, 3.05) is 13.1 Å².